The Morgan fingerprint density at radius 2 is 1.45 bits per heavy atom. The van der Waals surface area contributed by atoms with E-state index >= 15 is 0 Å². The summed E-state index contributed by atoms with van der Waals surface area (Å²) in [5.74, 6) is 0. The van der Waals surface area contributed by atoms with Crippen LogP contribution in [-0.2, 0) is 8.85 Å². The Balaban J connectivity index is 4.17. The van der Waals surface area contributed by atoms with Gasteiger partial charge in [-0.15, -0.1) is 0 Å². The Hall–Kier alpha value is -0.703. The van der Waals surface area contributed by atoms with Gasteiger partial charge in [0.05, 0.1) is 12.5 Å². The molecule has 11 heavy (non-hydrogen) atoms. The molecule has 0 aliphatic rings. The lowest BCUT2D eigenvalue weighted by Gasteiger charge is -2.25. The minimum absolute atomic E-state index is 0.918. The molecule has 0 rings (SSSR count). The summed E-state index contributed by atoms with van der Waals surface area (Å²) in [5.41, 5.74) is 0. The van der Waals surface area contributed by atoms with E-state index in [9.17, 15) is 0 Å². The fourth-order valence-corrected chi connectivity index (χ4v) is 2.74. The van der Waals surface area contributed by atoms with E-state index in [1.165, 1.54) is 12.5 Å². The van der Waals surface area contributed by atoms with Crippen LogP contribution in [0.5, 0.6) is 0 Å². The van der Waals surface area contributed by atoms with Crippen LogP contribution in [0.25, 0.3) is 0 Å². The zero-order valence-corrected chi connectivity index (χ0v) is 8.30. The van der Waals surface area contributed by atoms with E-state index in [4.69, 9.17) is 8.85 Å². The van der Waals surface area contributed by atoms with E-state index in [0.29, 0.717) is 0 Å². The van der Waals surface area contributed by atoms with E-state index < -0.39 is 8.56 Å². The second kappa shape index (κ2) is 5.01. The van der Waals surface area contributed by atoms with Crippen LogP contribution in [-0.4, -0.2) is 8.56 Å². The maximum absolute atomic E-state index is 5.38. The van der Waals surface area contributed by atoms with Gasteiger partial charge < -0.3 is 8.85 Å². The predicted octanol–water partition coefficient (Wildman–Crippen LogP) is 2.79. The quantitative estimate of drug-likeness (QED) is 0.453. The van der Waals surface area contributed by atoms with Gasteiger partial charge in [0.15, 0.2) is 0 Å². The molecular weight excluding hydrogens is 156 g/mol. The lowest BCUT2D eigenvalue weighted by molar-refractivity contribution is 0.306. The lowest BCUT2D eigenvalue weighted by atomic mass is 10.9. The molecule has 2 nitrogen and oxygen atoms in total. The summed E-state index contributed by atoms with van der Waals surface area (Å²) < 4.78 is 10.8. The van der Waals surface area contributed by atoms with Gasteiger partial charge in [0.2, 0.25) is 0 Å². The summed E-state index contributed by atoms with van der Waals surface area (Å²) in [5, 5.41) is 0. The first-order chi connectivity index (χ1) is 5.24. The van der Waals surface area contributed by atoms with Crippen LogP contribution in [0.1, 0.15) is 13.8 Å². The Morgan fingerprint density at radius 3 is 1.64 bits per heavy atom. The minimum Gasteiger partial charge on any atom is -0.519 e. The summed E-state index contributed by atoms with van der Waals surface area (Å²) in [7, 11) is -1.98. The average molecular weight is 172 g/mol. The van der Waals surface area contributed by atoms with Crippen molar-refractivity contribution in [2.75, 3.05) is 0 Å². The first kappa shape index (κ1) is 10.3. The summed E-state index contributed by atoms with van der Waals surface area (Å²) in [6, 6.07) is 1.84. The summed E-state index contributed by atoms with van der Waals surface area (Å²) >= 11 is 0. The van der Waals surface area contributed by atoms with E-state index in [-0.39, 0.29) is 0 Å². The molecule has 0 unspecified atom stereocenters. The summed E-state index contributed by atoms with van der Waals surface area (Å²) in [6.07, 6.45) is 2.92. The van der Waals surface area contributed by atoms with Crippen molar-refractivity contribution in [1.82, 2.24) is 0 Å². The molecule has 0 radical (unpaired) electrons. The molecule has 0 fully saturated rings. The Labute approximate surface area is 69.8 Å². The summed E-state index contributed by atoms with van der Waals surface area (Å²) in [4.78, 5) is 0. The third kappa shape index (κ3) is 2.80. The molecule has 0 aliphatic heterocycles. The molecule has 0 aromatic carbocycles. The highest BCUT2D eigenvalue weighted by molar-refractivity contribution is 6.67. The van der Waals surface area contributed by atoms with Crippen molar-refractivity contribution in [3.8, 4) is 0 Å². The first-order valence-electron chi connectivity index (χ1n) is 3.82. The van der Waals surface area contributed by atoms with Crippen molar-refractivity contribution in [2.24, 2.45) is 0 Å². The number of hydrogen-bond acceptors (Lipinski definition) is 2. The molecule has 0 bridgehead atoms. The van der Waals surface area contributed by atoms with Crippen molar-refractivity contribution in [3.05, 3.63) is 25.7 Å². The van der Waals surface area contributed by atoms with Crippen molar-refractivity contribution in [3.63, 3.8) is 0 Å². The van der Waals surface area contributed by atoms with Gasteiger partial charge in [-0.25, -0.2) is 0 Å². The molecule has 0 aromatic heterocycles. The topological polar surface area (TPSA) is 18.5 Å². The van der Waals surface area contributed by atoms with Crippen LogP contribution in [0.15, 0.2) is 25.7 Å². The molecule has 64 valence electrons. The molecule has 3 heteroatoms. The lowest BCUT2D eigenvalue weighted by Crippen LogP contribution is -2.37. The molecule has 0 heterocycles. The van der Waals surface area contributed by atoms with Crippen molar-refractivity contribution in [1.29, 1.82) is 0 Å². The van der Waals surface area contributed by atoms with Gasteiger partial charge in [0, 0.05) is 12.1 Å². The first-order valence-corrected chi connectivity index (χ1v) is 6.05. The van der Waals surface area contributed by atoms with Gasteiger partial charge in [0.25, 0.3) is 0 Å². The largest absolute Gasteiger partial charge is 0.519 e. The maximum Gasteiger partial charge on any atom is 0.459 e. The highest BCUT2D eigenvalue weighted by Gasteiger charge is 2.35. The number of rotatable bonds is 6. The van der Waals surface area contributed by atoms with Gasteiger partial charge >= 0.3 is 8.56 Å². The smallest absolute Gasteiger partial charge is 0.459 e. The molecule has 0 aromatic rings. The van der Waals surface area contributed by atoms with E-state index in [1.807, 2.05) is 0 Å². The molecule has 0 aliphatic carbocycles. The van der Waals surface area contributed by atoms with Gasteiger partial charge in [-0.3, -0.25) is 0 Å². The molecule has 0 spiro atoms. The zero-order chi connectivity index (χ0) is 8.74. The standard InChI is InChI=1S/C8H16O2Si/c1-5-9-11(7-3,8-4)10-6-2/h5-6H,1-2,7-8H2,3-4H3. The average Bonchev–Trinajstić information content (AvgIpc) is 2.04. The van der Waals surface area contributed by atoms with Crippen LogP contribution in [0.3, 0.4) is 0 Å². The monoisotopic (exact) mass is 172 g/mol. The fourth-order valence-electron chi connectivity index (χ4n) is 0.915. The fraction of sp³-hybridized carbons (Fsp3) is 0.500. The molecule has 0 saturated carbocycles. The van der Waals surface area contributed by atoms with Crippen molar-refractivity contribution < 1.29 is 8.85 Å². The predicted molar refractivity (Wildman–Crippen MR) is 49.3 cm³/mol. The van der Waals surface area contributed by atoms with Crippen LogP contribution in [0, 0.1) is 0 Å². The van der Waals surface area contributed by atoms with Gasteiger partial charge in [-0.1, -0.05) is 27.0 Å². The Kier molecular flexibility index (Phi) is 4.69. The highest BCUT2D eigenvalue weighted by Crippen LogP contribution is 2.18. The summed E-state index contributed by atoms with van der Waals surface area (Å²) in [6.45, 7) is 11.2. The zero-order valence-electron chi connectivity index (χ0n) is 7.30. The van der Waals surface area contributed by atoms with Gasteiger partial charge in [-0.05, 0) is 0 Å². The molecule has 0 amide bonds. The molecule has 0 N–H and O–H groups in total. The molecule has 0 saturated heterocycles. The highest BCUT2D eigenvalue weighted by atomic mass is 28.4. The van der Waals surface area contributed by atoms with Crippen LogP contribution in [0.4, 0.5) is 0 Å². The van der Waals surface area contributed by atoms with Crippen LogP contribution < -0.4 is 0 Å². The third-order valence-electron chi connectivity index (χ3n) is 1.67. The SMILES string of the molecule is C=CO[Si](CC)(CC)OC=C. The second-order valence-corrected chi connectivity index (χ2v) is 5.89. The second-order valence-electron chi connectivity index (χ2n) is 2.19. The molecule has 0 atom stereocenters. The molecular formula is C8H16O2Si. The van der Waals surface area contributed by atoms with E-state index in [0.717, 1.165) is 12.1 Å². The Bertz CT molecular complexity index is 118. The van der Waals surface area contributed by atoms with Gasteiger partial charge in [0.1, 0.15) is 0 Å². The minimum atomic E-state index is -1.98. The number of hydrogen-bond donors (Lipinski definition) is 0. The van der Waals surface area contributed by atoms with Gasteiger partial charge in [-0.2, -0.15) is 0 Å². The van der Waals surface area contributed by atoms with E-state index in [1.54, 1.807) is 0 Å². The van der Waals surface area contributed by atoms with E-state index in [2.05, 4.69) is 27.0 Å². The third-order valence-corrected chi connectivity index (χ3v) is 5.02. The maximum atomic E-state index is 5.38. The normalized spacial score (nSPS) is 10.4. The van der Waals surface area contributed by atoms with Crippen LogP contribution >= 0.6 is 0 Å². The Morgan fingerprint density at radius 1 is 1.09 bits per heavy atom. The van der Waals surface area contributed by atoms with Crippen molar-refractivity contribution in [2.45, 2.75) is 25.9 Å². The van der Waals surface area contributed by atoms with Crippen molar-refractivity contribution >= 4 is 8.56 Å². The van der Waals surface area contributed by atoms with Crippen LogP contribution in [0.2, 0.25) is 12.1 Å².